The third-order valence-electron chi connectivity index (χ3n) is 2.67. The average molecular weight is 267 g/mol. The Morgan fingerprint density at radius 1 is 1.26 bits per heavy atom. The summed E-state index contributed by atoms with van der Waals surface area (Å²) in [5.41, 5.74) is 1.10. The third kappa shape index (κ3) is 5.72. The van der Waals surface area contributed by atoms with E-state index < -0.39 is 0 Å². The quantitative estimate of drug-likeness (QED) is 0.723. The van der Waals surface area contributed by atoms with Crippen molar-refractivity contribution in [1.82, 2.24) is 4.90 Å². The van der Waals surface area contributed by atoms with Crippen LogP contribution in [0.3, 0.4) is 0 Å². The molecule has 0 aromatic heterocycles. The molecule has 1 aromatic carbocycles. The van der Waals surface area contributed by atoms with E-state index in [1.54, 1.807) is 0 Å². The van der Waals surface area contributed by atoms with Crippen LogP contribution < -0.4 is 4.74 Å². The van der Waals surface area contributed by atoms with Crippen LogP contribution in [0, 0.1) is 6.92 Å². The lowest BCUT2D eigenvalue weighted by molar-refractivity contribution is -0.132. The van der Waals surface area contributed by atoms with Crippen LogP contribution in [0.4, 0.5) is 0 Å². The number of hydrogen-bond acceptors (Lipinski definition) is 4. The molecule has 0 fully saturated rings. The number of nitrogens with zero attached hydrogens (tertiary/aromatic N) is 1. The second-order valence-corrected chi connectivity index (χ2v) is 4.24. The van der Waals surface area contributed by atoms with E-state index in [1.165, 1.54) is 4.90 Å². The maximum Gasteiger partial charge on any atom is 0.226 e. The number of aryl methyl sites for hydroxylation is 1. The van der Waals surface area contributed by atoms with Crippen molar-refractivity contribution in [2.45, 2.75) is 13.3 Å². The molecule has 0 atom stereocenters. The molecule has 5 nitrogen and oxygen atoms in total. The Hall–Kier alpha value is -1.59. The Bertz CT molecular complexity index is 389. The lowest BCUT2D eigenvalue weighted by atomic mass is 10.2. The normalized spacial score (nSPS) is 10.3. The van der Waals surface area contributed by atoms with E-state index in [0.717, 1.165) is 11.3 Å². The van der Waals surface area contributed by atoms with E-state index in [2.05, 4.69) is 0 Å². The maximum absolute atomic E-state index is 11.8. The molecule has 0 aliphatic heterocycles. The molecule has 0 spiro atoms. The Balaban J connectivity index is 2.36. The summed E-state index contributed by atoms with van der Waals surface area (Å²) in [4.78, 5) is 13.2. The topological polar surface area (TPSA) is 70.0 Å². The molecule has 0 radical (unpaired) electrons. The van der Waals surface area contributed by atoms with E-state index in [-0.39, 0.29) is 45.2 Å². The average Bonchev–Trinajstić information content (AvgIpc) is 2.38. The largest absolute Gasteiger partial charge is 0.493 e. The van der Waals surface area contributed by atoms with Crippen LogP contribution in [0.25, 0.3) is 0 Å². The molecule has 5 heteroatoms. The molecule has 106 valence electrons. The predicted molar refractivity (Wildman–Crippen MR) is 72.0 cm³/mol. The van der Waals surface area contributed by atoms with Crippen LogP contribution in [-0.4, -0.2) is 53.9 Å². The van der Waals surface area contributed by atoms with Gasteiger partial charge in [-0.25, -0.2) is 0 Å². The van der Waals surface area contributed by atoms with Gasteiger partial charge in [0.15, 0.2) is 0 Å². The van der Waals surface area contributed by atoms with Gasteiger partial charge in [-0.05, 0) is 24.6 Å². The number of ether oxygens (including phenoxy) is 1. The maximum atomic E-state index is 11.8. The van der Waals surface area contributed by atoms with Crippen molar-refractivity contribution in [1.29, 1.82) is 0 Å². The van der Waals surface area contributed by atoms with Crippen molar-refractivity contribution in [3.05, 3.63) is 29.8 Å². The van der Waals surface area contributed by atoms with Crippen molar-refractivity contribution in [3.8, 4) is 5.75 Å². The summed E-state index contributed by atoms with van der Waals surface area (Å²) in [5.74, 6) is 0.611. The number of amides is 1. The fraction of sp³-hybridized carbons (Fsp3) is 0.500. The predicted octanol–water partition coefficient (Wildman–Crippen LogP) is 0.577. The smallest absolute Gasteiger partial charge is 0.226 e. The van der Waals surface area contributed by atoms with Crippen molar-refractivity contribution in [2.75, 3.05) is 32.9 Å². The van der Waals surface area contributed by atoms with Gasteiger partial charge >= 0.3 is 0 Å². The molecular formula is C14H21NO4. The fourth-order valence-corrected chi connectivity index (χ4v) is 1.72. The molecular weight excluding hydrogens is 246 g/mol. The molecule has 19 heavy (non-hydrogen) atoms. The summed E-state index contributed by atoms with van der Waals surface area (Å²) >= 11 is 0. The lowest BCUT2D eigenvalue weighted by Gasteiger charge is -2.20. The van der Waals surface area contributed by atoms with E-state index >= 15 is 0 Å². The first-order valence-corrected chi connectivity index (χ1v) is 6.36. The van der Waals surface area contributed by atoms with Gasteiger partial charge in [0.2, 0.25) is 5.91 Å². The van der Waals surface area contributed by atoms with Crippen molar-refractivity contribution < 1.29 is 19.7 Å². The van der Waals surface area contributed by atoms with Gasteiger partial charge < -0.3 is 19.8 Å². The Labute approximate surface area is 113 Å². The Kier molecular flexibility index (Phi) is 6.92. The summed E-state index contributed by atoms with van der Waals surface area (Å²) < 4.78 is 5.49. The number of aliphatic hydroxyl groups is 2. The highest BCUT2D eigenvalue weighted by molar-refractivity contribution is 5.76. The lowest BCUT2D eigenvalue weighted by Crippen LogP contribution is -2.36. The van der Waals surface area contributed by atoms with Crippen LogP contribution in [0.1, 0.15) is 12.0 Å². The molecule has 2 N–H and O–H groups in total. The van der Waals surface area contributed by atoms with Crippen LogP contribution in [0.5, 0.6) is 5.75 Å². The monoisotopic (exact) mass is 267 g/mol. The number of rotatable bonds is 8. The molecule has 1 amide bonds. The van der Waals surface area contributed by atoms with Gasteiger partial charge in [0.1, 0.15) is 5.75 Å². The van der Waals surface area contributed by atoms with Gasteiger partial charge in [-0.2, -0.15) is 0 Å². The molecule has 0 saturated carbocycles. The first kappa shape index (κ1) is 15.5. The molecule has 0 heterocycles. The molecule has 0 aliphatic carbocycles. The minimum absolute atomic E-state index is 0.107. The second kappa shape index (κ2) is 8.50. The van der Waals surface area contributed by atoms with E-state index in [9.17, 15) is 4.79 Å². The number of aliphatic hydroxyl groups excluding tert-OH is 2. The Morgan fingerprint density at radius 2 is 1.95 bits per heavy atom. The van der Waals surface area contributed by atoms with Crippen molar-refractivity contribution in [3.63, 3.8) is 0 Å². The number of hydrogen-bond donors (Lipinski definition) is 2. The zero-order valence-electron chi connectivity index (χ0n) is 11.2. The molecule has 0 bridgehead atoms. The Morgan fingerprint density at radius 3 is 2.53 bits per heavy atom. The third-order valence-corrected chi connectivity index (χ3v) is 2.67. The first-order valence-electron chi connectivity index (χ1n) is 6.36. The van der Waals surface area contributed by atoms with Crippen molar-refractivity contribution >= 4 is 5.91 Å². The van der Waals surface area contributed by atoms with Gasteiger partial charge in [0, 0.05) is 13.1 Å². The minimum atomic E-state index is -0.129. The minimum Gasteiger partial charge on any atom is -0.493 e. The summed E-state index contributed by atoms with van der Waals surface area (Å²) in [5, 5.41) is 17.7. The zero-order chi connectivity index (χ0) is 14.1. The number of carbonyl (C=O) groups excluding carboxylic acids is 1. The van der Waals surface area contributed by atoms with Gasteiger partial charge in [-0.15, -0.1) is 0 Å². The molecule has 1 rings (SSSR count). The summed E-state index contributed by atoms with van der Waals surface area (Å²) in [6.07, 6.45) is 0.230. The highest BCUT2D eigenvalue weighted by Gasteiger charge is 2.12. The van der Waals surface area contributed by atoms with Gasteiger partial charge in [0.25, 0.3) is 0 Å². The highest BCUT2D eigenvalue weighted by Crippen LogP contribution is 2.12. The molecule has 0 unspecified atom stereocenters. The molecule has 0 saturated heterocycles. The van der Waals surface area contributed by atoms with Crippen LogP contribution in [0.2, 0.25) is 0 Å². The molecule has 1 aromatic rings. The standard InChI is InChI=1S/C14H21NO4/c1-12-3-2-4-13(11-12)19-10-5-14(18)15(6-8-16)7-9-17/h2-4,11,16-17H,5-10H2,1H3. The van der Waals surface area contributed by atoms with Crippen molar-refractivity contribution in [2.24, 2.45) is 0 Å². The number of carbonyl (C=O) groups is 1. The summed E-state index contributed by atoms with van der Waals surface area (Å²) in [6, 6.07) is 7.62. The van der Waals surface area contributed by atoms with Gasteiger partial charge in [0.05, 0.1) is 26.2 Å². The van der Waals surface area contributed by atoms with Gasteiger partial charge in [-0.1, -0.05) is 12.1 Å². The van der Waals surface area contributed by atoms with E-state index in [1.807, 2.05) is 31.2 Å². The SMILES string of the molecule is Cc1cccc(OCCC(=O)N(CCO)CCO)c1. The van der Waals surface area contributed by atoms with E-state index in [4.69, 9.17) is 14.9 Å². The van der Waals surface area contributed by atoms with E-state index in [0.29, 0.717) is 0 Å². The molecule has 0 aliphatic rings. The highest BCUT2D eigenvalue weighted by atomic mass is 16.5. The first-order chi connectivity index (χ1) is 9.17. The van der Waals surface area contributed by atoms with Crippen LogP contribution >= 0.6 is 0 Å². The van der Waals surface area contributed by atoms with Gasteiger partial charge in [-0.3, -0.25) is 4.79 Å². The second-order valence-electron chi connectivity index (χ2n) is 4.24. The summed E-state index contributed by atoms with van der Waals surface area (Å²) in [6.45, 7) is 2.53. The van der Waals surface area contributed by atoms with Crippen LogP contribution in [0.15, 0.2) is 24.3 Å². The zero-order valence-corrected chi connectivity index (χ0v) is 11.2. The summed E-state index contributed by atoms with van der Waals surface area (Å²) in [7, 11) is 0. The number of benzene rings is 1. The van der Waals surface area contributed by atoms with Crippen LogP contribution in [-0.2, 0) is 4.79 Å². The fourth-order valence-electron chi connectivity index (χ4n) is 1.72.